The van der Waals surface area contributed by atoms with Crippen LogP contribution in [0.2, 0.25) is 0 Å². The lowest BCUT2D eigenvalue weighted by molar-refractivity contribution is 0.102. The van der Waals surface area contributed by atoms with Crippen molar-refractivity contribution in [2.75, 3.05) is 12.4 Å². The molecule has 0 aliphatic rings. The van der Waals surface area contributed by atoms with Gasteiger partial charge in [0, 0.05) is 28.6 Å². The summed E-state index contributed by atoms with van der Waals surface area (Å²) in [6.45, 7) is 0. The number of carbonyl (C=O) groups is 1. The summed E-state index contributed by atoms with van der Waals surface area (Å²) in [5.41, 5.74) is 4.74. The van der Waals surface area contributed by atoms with Crippen molar-refractivity contribution < 1.29 is 13.9 Å². The molecule has 0 radical (unpaired) electrons. The topological polar surface area (TPSA) is 69.3 Å². The second-order valence-electron chi connectivity index (χ2n) is 8.14. The minimum Gasteiger partial charge on any atom is -0.495 e. The molecule has 2 heterocycles. The Morgan fingerprint density at radius 2 is 1.57 bits per heavy atom. The van der Waals surface area contributed by atoms with E-state index in [1.54, 1.807) is 24.1 Å². The van der Waals surface area contributed by atoms with Gasteiger partial charge in [-0.2, -0.15) is 5.10 Å². The molecule has 6 rings (SSSR count). The van der Waals surface area contributed by atoms with Crippen LogP contribution in [0.4, 0.5) is 5.69 Å². The zero-order valence-electron chi connectivity index (χ0n) is 18.9. The van der Waals surface area contributed by atoms with E-state index in [-0.39, 0.29) is 5.91 Å². The summed E-state index contributed by atoms with van der Waals surface area (Å²) < 4.78 is 13.4. The Morgan fingerprint density at radius 1 is 0.857 bits per heavy atom. The first kappa shape index (κ1) is 20.7. The number of ether oxygens (including phenoxy) is 1. The van der Waals surface area contributed by atoms with E-state index in [0.29, 0.717) is 28.3 Å². The lowest BCUT2D eigenvalue weighted by Gasteiger charge is -2.10. The fourth-order valence-corrected chi connectivity index (χ4v) is 4.27. The molecule has 0 saturated heterocycles. The Hall–Kier alpha value is -4.84. The number of nitrogens with zero attached hydrogens (tertiary/aromatic N) is 2. The van der Waals surface area contributed by atoms with Crippen molar-refractivity contribution in [2.24, 2.45) is 0 Å². The molecule has 1 amide bonds. The maximum Gasteiger partial charge on any atom is 0.259 e. The van der Waals surface area contributed by atoms with Crippen molar-refractivity contribution in [1.82, 2.24) is 9.78 Å². The van der Waals surface area contributed by atoms with Crippen molar-refractivity contribution in [3.05, 3.63) is 109 Å². The molecule has 0 aliphatic heterocycles. The normalized spacial score (nSPS) is 11.1. The highest BCUT2D eigenvalue weighted by Gasteiger charge is 2.21. The zero-order valence-corrected chi connectivity index (χ0v) is 18.9. The fraction of sp³-hybridized carbons (Fsp3) is 0.0345. The Labute approximate surface area is 201 Å². The lowest BCUT2D eigenvalue weighted by atomic mass is 10.1. The van der Waals surface area contributed by atoms with Crippen LogP contribution in [0.1, 0.15) is 10.4 Å². The molecular formula is C29H21N3O3. The van der Waals surface area contributed by atoms with Gasteiger partial charge in [-0.1, -0.05) is 66.7 Å². The molecule has 0 fully saturated rings. The van der Waals surface area contributed by atoms with Crippen LogP contribution in [-0.2, 0) is 0 Å². The molecule has 4 aromatic carbocycles. The number of methoxy groups -OCH3 is 1. The van der Waals surface area contributed by atoms with Crippen LogP contribution in [0, 0.1) is 0 Å². The van der Waals surface area contributed by atoms with E-state index in [9.17, 15) is 4.79 Å². The van der Waals surface area contributed by atoms with Crippen LogP contribution in [0.15, 0.2) is 108 Å². The van der Waals surface area contributed by atoms with E-state index in [2.05, 4.69) is 5.32 Å². The Morgan fingerprint density at radius 3 is 2.34 bits per heavy atom. The van der Waals surface area contributed by atoms with Gasteiger partial charge in [-0.05, 0) is 24.3 Å². The highest BCUT2D eigenvalue weighted by molar-refractivity contribution is 6.11. The average molecular weight is 460 g/mol. The Kier molecular flexibility index (Phi) is 5.04. The highest BCUT2D eigenvalue weighted by atomic mass is 16.5. The zero-order chi connectivity index (χ0) is 23.8. The van der Waals surface area contributed by atoms with Crippen molar-refractivity contribution in [3.63, 3.8) is 0 Å². The molecule has 0 spiro atoms. The lowest BCUT2D eigenvalue weighted by Crippen LogP contribution is -2.13. The molecule has 6 aromatic rings. The monoisotopic (exact) mass is 459 g/mol. The van der Waals surface area contributed by atoms with Gasteiger partial charge in [-0.3, -0.25) is 4.79 Å². The summed E-state index contributed by atoms with van der Waals surface area (Å²) in [7, 11) is 1.59. The van der Waals surface area contributed by atoms with Crippen LogP contribution in [0.3, 0.4) is 0 Å². The summed E-state index contributed by atoms with van der Waals surface area (Å²) in [4.78, 5) is 13.6. The van der Waals surface area contributed by atoms with Crippen LogP contribution >= 0.6 is 0 Å². The van der Waals surface area contributed by atoms with E-state index < -0.39 is 0 Å². The second kappa shape index (κ2) is 8.50. The number of carbonyl (C=O) groups excluding carboxylic acids is 1. The third kappa shape index (κ3) is 3.71. The number of aromatic nitrogens is 2. The van der Waals surface area contributed by atoms with Gasteiger partial charge in [0.2, 0.25) is 0 Å². The molecule has 1 N–H and O–H groups in total. The minimum atomic E-state index is -0.292. The molecule has 170 valence electrons. The molecule has 6 nitrogen and oxygen atoms in total. The van der Waals surface area contributed by atoms with Crippen molar-refractivity contribution in [3.8, 4) is 22.7 Å². The first-order chi connectivity index (χ1) is 17.2. The Bertz CT molecular complexity index is 1670. The number of fused-ring (bicyclic) bond motifs is 3. The van der Waals surface area contributed by atoms with E-state index in [0.717, 1.165) is 27.6 Å². The van der Waals surface area contributed by atoms with Gasteiger partial charge in [0.15, 0.2) is 0 Å². The van der Waals surface area contributed by atoms with Crippen LogP contribution in [0.5, 0.6) is 5.75 Å². The number of para-hydroxylation sites is 2. The fourth-order valence-electron chi connectivity index (χ4n) is 4.27. The quantitative estimate of drug-likeness (QED) is 0.311. The summed E-state index contributed by atoms with van der Waals surface area (Å²) in [5, 5.41) is 9.68. The number of nitrogens with one attached hydrogen (secondary N) is 1. The summed E-state index contributed by atoms with van der Waals surface area (Å²) in [5.74, 6) is 0.258. The smallest absolute Gasteiger partial charge is 0.259 e. The van der Waals surface area contributed by atoms with E-state index in [1.807, 2.05) is 91.0 Å². The molecule has 2 aromatic heterocycles. The molecule has 0 saturated carbocycles. The number of anilines is 1. The molecule has 0 unspecified atom stereocenters. The third-order valence-corrected chi connectivity index (χ3v) is 5.97. The number of rotatable bonds is 5. The molecule has 6 heteroatoms. The van der Waals surface area contributed by atoms with Gasteiger partial charge in [0.05, 0.1) is 24.0 Å². The molecular weight excluding hydrogens is 438 g/mol. The number of hydrogen-bond donors (Lipinski definition) is 1. The molecule has 35 heavy (non-hydrogen) atoms. The predicted molar refractivity (Wildman–Crippen MR) is 137 cm³/mol. The Balaban J connectivity index is 1.43. The van der Waals surface area contributed by atoms with Gasteiger partial charge < -0.3 is 14.5 Å². The van der Waals surface area contributed by atoms with Crippen LogP contribution in [-0.4, -0.2) is 22.8 Å². The number of benzene rings is 4. The summed E-state index contributed by atoms with van der Waals surface area (Å²) >= 11 is 0. The van der Waals surface area contributed by atoms with Gasteiger partial charge >= 0.3 is 0 Å². The first-order valence-electron chi connectivity index (χ1n) is 11.2. The first-order valence-corrected chi connectivity index (χ1v) is 11.2. The van der Waals surface area contributed by atoms with Gasteiger partial charge in [0.25, 0.3) is 5.91 Å². The van der Waals surface area contributed by atoms with Crippen molar-refractivity contribution >= 4 is 33.5 Å². The minimum absolute atomic E-state index is 0.292. The number of amides is 1. The average Bonchev–Trinajstić information content (AvgIpc) is 3.51. The van der Waals surface area contributed by atoms with Crippen LogP contribution < -0.4 is 10.1 Å². The molecule has 0 bridgehead atoms. The summed E-state index contributed by atoms with van der Waals surface area (Å²) in [6.07, 6.45) is 1.75. The molecule has 0 aliphatic carbocycles. The van der Waals surface area contributed by atoms with E-state index >= 15 is 0 Å². The number of hydrogen-bond acceptors (Lipinski definition) is 4. The third-order valence-electron chi connectivity index (χ3n) is 5.97. The largest absolute Gasteiger partial charge is 0.495 e. The number of furan rings is 1. The predicted octanol–water partition coefficient (Wildman–Crippen LogP) is 6.70. The van der Waals surface area contributed by atoms with E-state index in [4.69, 9.17) is 14.3 Å². The van der Waals surface area contributed by atoms with Crippen LogP contribution in [0.25, 0.3) is 38.9 Å². The van der Waals surface area contributed by atoms with Crippen molar-refractivity contribution in [1.29, 1.82) is 0 Å². The van der Waals surface area contributed by atoms with Gasteiger partial charge in [0.1, 0.15) is 22.6 Å². The SMILES string of the molecule is COc1cc2c(cc1NC(=O)c1cn(-c3ccccc3)nc1-c1ccccc1)oc1ccccc12. The highest BCUT2D eigenvalue weighted by Crippen LogP contribution is 2.37. The summed E-state index contributed by atoms with van der Waals surface area (Å²) in [6, 6.07) is 30.9. The van der Waals surface area contributed by atoms with Gasteiger partial charge in [-0.25, -0.2) is 4.68 Å². The van der Waals surface area contributed by atoms with E-state index in [1.165, 1.54) is 0 Å². The standard InChI is InChI=1S/C29H21N3O3/c1-34-27-16-22-21-14-8-9-15-25(21)35-26(22)17-24(27)30-29(33)23-18-32(20-12-6-3-7-13-20)31-28(23)19-10-4-2-5-11-19/h2-18H,1H3,(H,30,33). The maximum absolute atomic E-state index is 13.6. The second-order valence-corrected chi connectivity index (χ2v) is 8.14. The molecule has 0 atom stereocenters. The van der Waals surface area contributed by atoms with Gasteiger partial charge in [-0.15, -0.1) is 0 Å². The maximum atomic E-state index is 13.6. The van der Waals surface area contributed by atoms with Crippen molar-refractivity contribution in [2.45, 2.75) is 0 Å².